The highest BCUT2D eigenvalue weighted by Gasteiger charge is 2.42. The Morgan fingerprint density at radius 3 is 2.69 bits per heavy atom. The number of nitrogens with one attached hydrogen (secondary N) is 1. The van der Waals surface area contributed by atoms with Gasteiger partial charge in [-0.05, 0) is 43.4 Å². The van der Waals surface area contributed by atoms with E-state index in [-0.39, 0.29) is 34.7 Å². The molecule has 2 amide bonds. The molecule has 0 saturated heterocycles. The van der Waals surface area contributed by atoms with Crippen molar-refractivity contribution >= 4 is 11.8 Å². The van der Waals surface area contributed by atoms with E-state index >= 15 is 0 Å². The molecule has 1 saturated carbocycles. The lowest BCUT2D eigenvalue weighted by Crippen LogP contribution is -2.29. The van der Waals surface area contributed by atoms with Crippen LogP contribution in [0.1, 0.15) is 69.7 Å². The summed E-state index contributed by atoms with van der Waals surface area (Å²) in [6.07, 6.45) is 2.53. The predicted octanol–water partition coefficient (Wildman–Crippen LogP) is 0.696. The third-order valence-electron chi connectivity index (χ3n) is 5.99. The minimum Gasteiger partial charge on any atom is -0.371 e. The van der Waals surface area contributed by atoms with Gasteiger partial charge in [-0.25, -0.2) is 14.4 Å². The maximum atomic E-state index is 14.9. The molecule has 2 aromatic heterocycles. The highest BCUT2D eigenvalue weighted by molar-refractivity contribution is 6.05. The van der Waals surface area contributed by atoms with Crippen molar-refractivity contribution in [3.63, 3.8) is 0 Å². The summed E-state index contributed by atoms with van der Waals surface area (Å²) in [5, 5.41) is 16.7. The van der Waals surface area contributed by atoms with Gasteiger partial charge < -0.3 is 21.1 Å². The monoisotopic (exact) mass is 435 g/mol. The van der Waals surface area contributed by atoms with Gasteiger partial charge in [0.05, 0.1) is 5.56 Å². The lowest BCUT2D eigenvalue weighted by molar-refractivity contribution is 0.0954. The molecule has 1 aromatic carbocycles. The molecule has 6 N–H and O–H groups in total. The number of primary amides is 2. The van der Waals surface area contributed by atoms with Gasteiger partial charge >= 0.3 is 0 Å². The standard InChI is InChI=1S/C21H18FN7O3/c1-21(32,20-25-8-26-28-20)3-2-9-6-13-12(7-14(9)22)10-4-11(5-10)29-16(18(24)31)15(17(23)30)27-19(13)29/h6-8,10-11,32H,4-5H2,1H3,(H2,23,30)(H2,24,31)(H,25,26,28). The van der Waals surface area contributed by atoms with Gasteiger partial charge in [-0.2, -0.15) is 5.10 Å². The molecule has 0 spiro atoms. The highest BCUT2D eigenvalue weighted by atomic mass is 19.1. The number of H-pyrrole nitrogens is 1. The van der Waals surface area contributed by atoms with Crippen molar-refractivity contribution in [2.75, 3.05) is 0 Å². The van der Waals surface area contributed by atoms with Crippen molar-refractivity contribution in [3.8, 4) is 23.2 Å². The van der Waals surface area contributed by atoms with Crippen LogP contribution in [0.2, 0.25) is 0 Å². The van der Waals surface area contributed by atoms with Crippen LogP contribution < -0.4 is 11.5 Å². The number of nitrogens with two attached hydrogens (primary N) is 2. The Hall–Kier alpha value is -4.04. The van der Waals surface area contributed by atoms with Crippen LogP contribution >= 0.6 is 0 Å². The summed E-state index contributed by atoms with van der Waals surface area (Å²) in [4.78, 5) is 32.2. The molecule has 4 heterocycles. The van der Waals surface area contributed by atoms with Gasteiger partial charge in [0.25, 0.3) is 11.8 Å². The van der Waals surface area contributed by atoms with Crippen molar-refractivity contribution in [2.24, 2.45) is 11.5 Å². The van der Waals surface area contributed by atoms with Crippen LogP contribution in [-0.4, -0.2) is 41.7 Å². The van der Waals surface area contributed by atoms with Crippen LogP contribution in [0.15, 0.2) is 18.5 Å². The molecule has 2 bridgehead atoms. The predicted molar refractivity (Wildman–Crippen MR) is 109 cm³/mol. The first-order chi connectivity index (χ1) is 15.2. The topological polar surface area (TPSA) is 166 Å². The quantitative estimate of drug-likeness (QED) is 0.442. The van der Waals surface area contributed by atoms with E-state index in [0.29, 0.717) is 29.8 Å². The Balaban J connectivity index is 1.69. The van der Waals surface area contributed by atoms with Gasteiger partial charge in [-0.1, -0.05) is 11.8 Å². The van der Waals surface area contributed by atoms with E-state index in [1.54, 1.807) is 4.57 Å². The van der Waals surface area contributed by atoms with Crippen molar-refractivity contribution in [2.45, 2.75) is 37.3 Å². The van der Waals surface area contributed by atoms with E-state index in [2.05, 4.69) is 32.0 Å². The first-order valence-electron chi connectivity index (χ1n) is 9.84. The molecule has 0 radical (unpaired) electrons. The third kappa shape index (κ3) is 2.88. The lowest BCUT2D eigenvalue weighted by Gasteiger charge is -2.35. The molecule has 1 fully saturated rings. The maximum Gasteiger partial charge on any atom is 0.269 e. The molecule has 3 aromatic rings. The third-order valence-corrected chi connectivity index (χ3v) is 5.99. The Kier molecular flexibility index (Phi) is 4.18. The van der Waals surface area contributed by atoms with Crippen LogP contribution in [0.25, 0.3) is 11.4 Å². The molecule has 32 heavy (non-hydrogen) atoms. The van der Waals surface area contributed by atoms with Crippen LogP contribution in [0, 0.1) is 17.7 Å². The van der Waals surface area contributed by atoms with E-state index in [0.717, 1.165) is 0 Å². The number of nitrogens with zero attached hydrogens (tertiary/aromatic N) is 4. The van der Waals surface area contributed by atoms with Crippen molar-refractivity contribution < 1.29 is 19.1 Å². The Morgan fingerprint density at radius 1 is 1.31 bits per heavy atom. The number of aromatic nitrogens is 5. The number of aliphatic hydroxyl groups is 1. The van der Waals surface area contributed by atoms with E-state index in [9.17, 15) is 19.1 Å². The zero-order chi connectivity index (χ0) is 22.8. The molecule has 6 rings (SSSR count). The number of hydrogen-bond donors (Lipinski definition) is 4. The van der Waals surface area contributed by atoms with Crippen molar-refractivity contribution in [1.82, 2.24) is 24.7 Å². The number of aromatic amines is 1. The molecular formula is C21H18FN7O3. The minimum absolute atomic E-state index is 0.0124. The fraction of sp³-hybridized carbons (Fsp3) is 0.286. The molecule has 162 valence electrons. The van der Waals surface area contributed by atoms with Gasteiger partial charge in [-0.3, -0.25) is 14.7 Å². The number of rotatable bonds is 3. The summed E-state index contributed by atoms with van der Waals surface area (Å²) in [6.45, 7) is 1.40. The van der Waals surface area contributed by atoms with Crippen LogP contribution in [0.3, 0.4) is 0 Å². The highest BCUT2D eigenvalue weighted by Crippen LogP contribution is 2.53. The SMILES string of the molecule is CC(O)(C#Cc1cc2c(cc1F)C1CC(C1)n1c-2nc(C(N)=O)c1C(N)=O)c1ncn[nH]1. The van der Waals surface area contributed by atoms with Crippen molar-refractivity contribution in [1.29, 1.82) is 0 Å². The van der Waals surface area contributed by atoms with Crippen LogP contribution in [-0.2, 0) is 5.60 Å². The summed E-state index contributed by atoms with van der Waals surface area (Å²) in [5.74, 6) is 3.52. The van der Waals surface area contributed by atoms with Gasteiger partial charge in [0.1, 0.15) is 23.7 Å². The molecule has 3 aliphatic rings. The molecular weight excluding hydrogens is 417 g/mol. The second kappa shape index (κ2) is 6.73. The summed E-state index contributed by atoms with van der Waals surface area (Å²) < 4.78 is 16.6. The zero-order valence-electron chi connectivity index (χ0n) is 16.9. The normalized spacial score (nSPS) is 20.0. The van der Waals surface area contributed by atoms with Crippen molar-refractivity contribution in [3.05, 3.63) is 52.6 Å². The molecule has 1 aliphatic carbocycles. The average molecular weight is 435 g/mol. The lowest BCUT2D eigenvalue weighted by atomic mass is 9.75. The van der Waals surface area contributed by atoms with Gasteiger partial charge in [-0.15, -0.1) is 0 Å². The largest absolute Gasteiger partial charge is 0.371 e. The minimum atomic E-state index is -1.69. The molecule has 10 nitrogen and oxygen atoms in total. The number of hydrogen-bond acceptors (Lipinski definition) is 6. The van der Waals surface area contributed by atoms with Crippen LogP contribution in [0.5, 0.6) is 0 Å². The summed E-state index contributed by atoms with van der Waals surface area (Å²) in [7, 11) is 0. The Bertz CT molecular complexity index is 1340. The van der Waals surface area contributed by atoms with Gasteiger partial charge in [0.2, 0.25) is 0 Å². The van der Waals surface area contributed by atoms with E-state index in [4.69, 9.17) is 11.5 Å². The van der Waals surface area contributed by atoms with Gasteiger partial charge in [0, 0.05) is 11.6 Å². The Labute approximate surface area is 180 Å². The van der Waals surface area contributed by atoms with E-state index < -0.39 is 23.2 Å². The first kappa shape index (κ1) is 19.9. The number of amides is 2. The van der Waals surface area contributed by atoms with Crippen LogP contribution in [0.4, 0.5) is 4.39 Å². The summed E-state index contributed by atoms with van der Waals surface area (Å²) in [6, 6.07) is 2.79. The zero-order valence-corrected chi connectivity index (χ0v) is 16.9. The van der Waals surface area contributed by atoms with Gasteiger partial charge in [0.15, 0.2) is 17.1 Å². The molecule has 1 unspecified atom stereocenters. The fourth-order valence-electron chi connectivity index (χ4n) is 4.34. The first-order valence-corrected chi connectivity index (χ1v) is 9.84. The fourth-order valence-corrected chi connectivity index (χ4v) is 4.34. The summed E-state index contributed by atoms with van der Waals surface area (Å²) >= 11 is 0. The molecule has 1 atom stereocenters. The smallest absolute Gasteiger partial charge is 0.269 e. The summed E-state index contributed by atoms with van der Waals surface area (Å²) in [5.41, 5.74) is 10.3. The van der Waals surface area contributed by atoms with E-state index in [1.165, 1.54) is 25.4 Å². The van der Waals surface area contributed by atoms with E-state index in [1.807, 2.05) is 0 Å². The second-order valence-corrected chi connectivity index (χ2v) is 8.13. The average Bonchev–Trinajstić information content (AvgIpc) is 3.31. The molecule has 2 aliphatic heterocycles. The number of carbonyl (C=O) groups excluding carboxylic acids is 2. The molecule has 11 heteroatoms. The number of benzene rings is 1. The number of imidazole rings is 1. The second-order valence-electron chi connectivity index (χ2n) is 8.13. The number of halogens is 1. The number of carbonyl (C=O) groups is 2. The Morgan fingerprint density at radius 2 is 2.06 bits per heavy atom. The maximum absolute atomic E-state index is 14.9.